The molecular weight excluding hydrogens is 282 g/mol. The van der Waals surface area contributed by atoms with Crippen molar-refractivity contribution >= 4 is 17.5 Å². The summed E-state index contributed by atoms with van der Waals surface area (Å²) in [5.41, 5.74) is 1.90. The summed E-state index contributed by atoms with van der Waals surface area (Å²) in [5.74, 6) is 0.753. The molecule has 2 aliphatic heterocycles. The largest absolute Gasteiger partial charge is 0.484 e. The highest BCUT2D eigenvalue weighted by Crippen LogP contribution is 2.26. The third-order valence-corrected chi connectivity index (χ3v) is 4.19. The summed E-state index contributed by atoms with van der Waals surface area (Å²) < 4.78 is 5.62. The molecule has 0 spiro atoms. The van der Waals surface area contributed by atoms with Crippen LogP contribution < -0.4 is 10.1 Å². The number of piperazine rings is 1. The zero-order valence-corrected chi connectivity index (χ0v) is 12.8. The van der Waals surface area contributed by atoms with Crippen LogP contribution in [0, 0.1) is 0 Å². The van der Waals surface area contributed by atoms with Crippen molar-refractivity contribution in [1.82, 2.24) is 9.80 Å². The first-order valence-electron chi connectivity index (χ1n) is 7.64. The summed E-state index contributed by atoms with van der Waals surface area (Å²) in [6, 6.07) is 5.54. The Morgan fingerprint density at radius 2 is 2.00 bits per heavy atom. The number of aryl methyl sites for hydroxylation is 1. The Kier molecular flexibility index (Phi) is 4.29. The van der Waals surface area contributed by atoms with Crippen LogP contribution in [-0.4, -0.2) is 61.4 Å². The third kappa shape index (κ3) is 3.39. The lowest BCUT2D eigenvalue weighted by atomic mass is 10.0. The van der Waals surface area contributed by atoms with Gasteiger partial charge in [-0.3, -0.25) is 9.59 Å². The summed E-state index contributed by atoms with van der Waals surface area (Å²) >= 11 is 0. The number of nitrogens with zero attached hydrogens (tertiary/aromatic N) is 2. The predicted octanol–water partition coefficient (Wildman–Crippen LogP) is 0.724. The SMILES string of the molecule is CN1CCN(C(=O)COc2ccc3c(c2)CCC(=O)N3)CC1. The summed E-state index contributed by atoms with van der Waals surface area (Å²) in [4.78, 5) is 27.5. The average Bonchev–Trinajstić information content (AvgIpc) is 2.53. The molecule has 2 aliphatic rings. The number of nitrogens with one attached hydrogen (secondary N) is 1. The van der Waals surface area contributed by atoms with E-state index in [-0.39, 0.29) is 18.4 Å². The van der Waals surface area contributed by atoms with E-state index in [9.17, 15) is 9.59 Å². The Balaban J connectivity index is 1.55. The molecule has 0 aliphatic carbocycles. The minimum Gasteiger partial charge on any atom is -0.484 e. The second-order valence-corrected chi connectivity index (χ2v) is 5.84. The van der Waals surface area contributed by atoms with E-state index in [1.54, 1.807) is 6.07 Å². The van der Waals surface area contributed by atoms with Crippen LogP contribution in [0.2, 0.25) is 0 Å². The molecule has 22 heavy (non-hydrogen) atoms. The standard InChI is InChI=1S/C16H21N3O3/c1-18-6-8-19(9-7-18)16(21)11-22-13-3-4-14-12(10-13)2-5-15(20)17-14/h3-4,10H,2,5-9,11H2,1H3,(H,17,20). The number of ether oxygens (including phenoxy) is 1. The molecule has 0 radical (unpaired) electrons. The molecule has 1 N–H and O–H groups in total. The van der Waals surface area contributed by atoms with Gasteiger partial charge in [0.2, 0.25) is 5.91 Å². The molecule has 0 atom stereocenters. The fourth-order valence-electron chi connectivity index (χ4n) is 2.74. The van der Waals surface area contributed by atoms with Crippen LogP contribution in [0.5, 0.6) is 5.75 Å². The number of carbonyl (C=O) groups excluding carboxylic acids is 2. The Labute approximate surface area is 130 Å². The molecule has 118 valence electrons. The smallest absolute Gasteiger partial charge is 0.260 e. The molecule has 2 amide bonds. The monoisotopic (exact) mass is 303 g/mol. The molecule has 0 saturated carbocycles. The van der Waals surface area contributed by atoms with Gasteiger partial charge in [0.1, 0.15) is 5.75 Å². The molecule has 0 unspecified atom stereocenters. The van der Waals surface area contributed by atoms with Gasteiger partial charge in [-0.1, -0.05) is 0 Å². The molecule has 1 aromatic carbocycles. The van der Waals surface area contributed by atoms with Crippen LogP contribution in [0.3, 0.4) is 0 Å². The molecule has 1 saturated heterocycles. The normalized spacial score (nSPS) is 18.6. The average molecular weight is 303 g/mol. The van der Waals surface area contributed by atoms with Gasteiger partial charge in [-0.25, -0.2) is 0 Å². The minimum absolute atomic E-state index is 0.0270. The van der Waals surface area contributed by atoms with E-state index in [0.717, 1.165) is 37.4 Å². The van der Waals surface area contributed by atoms with Crippen molar-refractivity contribution in [3.05, 3.63) is 23.8 Å². The number of amides is 2. The van der Waals surface area contributed by atoms with Gasteiger partial charge in [0.05, 0.1) is 0 Å². The highest BCUT2D eigenvalue weighted by Gasteiger charge is 2.20. The maximum Gasteiger partial charge on any atom is 0.260 e. The molecule has 1 fully saturated rings. The zero-order valence-electron chi connectivity index (χ0n) is 12.8. The van der Waals surface area contributed by atoms with Crippen molar-refractivity contribution in [2.24, 2.45) is 0 Å². The van der Waals surface area contributed by atoms with E-state index in [1.807, 2.05) is 17.0 Å². The highest BCUT2D eigenvalue weighted by atomic mass is 16.5. The maximum absolute atomic E-state index is 12.1. The second kappa shape index (κ2) is 6.36. The van der Waals surface area contributed by atoms with Gasteiger partial charge in [0, 0.05) is 38.3 Å². The van der Waals surface area contributed by atoms with E-state index in [1.165, 1.54) is 0 Å². The number of anilines is 1. The van der Waals surface area contributed by atoms with Crippen LogP contribution in [0.15, 0.2) is 18.2 Å². The van der Waals surface area contributed by atoms with Crippen LogP contribution in [0.4, 0.5) is 5.69 Å². The predicted molar refractivity (Wildman–Crippen MR) is 83.0 cm³/mol. The maximum atomic E-state index is 12.1. The van der Waals surface area contributed by atoms with Gasteiger partial charge >= 0.3 is 0 Å². The summed E-state index contributed by atoms with van der Waals surface area (Å²) in [7, 11) is 2.06. The molecular formula is C16H21N3O3. The summed E-state index contributed by atoms with van der Waals surface area (Å²) in [6.07, 6.45) is 1.21. The third-order valence-electron chi connectivity index (χ3n) is 4.19. The van der Waals surface area contributed by atoms with Gasteiger partial charge in [-0.05, 0) is 37.2 Å². The summed E-state index contributed by atoms with van der Waals surface area (Å²) in [6.45, 7) is 3.40. The number of hydrogen-bond acceptors (Lipinski definition) is 4. The Morgan fingerprint density at radius 3 is 2.77 bits per heavy atom. The number of carbonyl (C=O) groups is 2. The second-order valence-electron chi connectivity index (χ2n) is 5.84. The molecule has 6 heteroatoms. The minimum atomic E-state index is 0.0270. The van der Waals surface area contributed by atoms with Crippen LogP contribution in [0.25, 0.3) is 0 Å². The van der Waals surface area contributed by atoms with E-state index in [2.05, 4.69) is 17.3 Å². The molecule has 0 aromatic heterocycles. The van der Waals surface area contributed by atoms with Gasteiger partial charge in [0.25, 0.3) is 5.91 Å². The number of fused-ring (bicyclic) bond motifs is 1. The molecule has 0 bridgehead atoms. The quantitative estimate of drug-likeness (QED) is 0.894. The summed E-state index contributed by atoms with van der Waals surface area (Å²) in [5, 5.41) is 2.83. The first-order chi connectivity index (χ1) is 10.6. The first kappa shape index (κ1) is 14.8. The van der Waals surface area contributed by atoms with Crippen LogP contribution >= 0.6 is 0 Å². The van der Waals surface area contributed by atoms with Crippen molar-refractivity contribution in [3.8, 4) is 5.75 Å². The Morgan fingerprint density at radius 1 is 1.23 bits per heavy atom. The lowest BCUT2D eigenvalue weighted by Gasteiger charge is -2.32. The van der Waals surface area contributed by atoms with Crippen LogP contribution in [-0.2, 0) is 16.0 Å². The van der Waals surface area contributed by atoms with E-state index >= 15 is 0 Å². The lowest BCUT2D eigenvalue weighted by molar-refractivity contribution is -0.134. The Hall–Kier alpha value is -2.08. The van der Waals surface area contributed by atoms with Gasteiger partial charge in [-0.15, -0.1) is 0 Å². The highest BCUT2D eigenvalue weighted by molar-refractivity contribution is 5.94. The van der Waals surface area contributed by atoms with Crippen molar-refractivity contribution in [3.63, 3.8) is 0 Å². The van der Waals surface area contributed by atoms with Gasteiger partial charge < -0.3 is 19.9 Å². The van der Waals surface area contributed by atoms with Crippen LogP contribution in [0.1, 0.15) is 12.0 Å². The van der Waals surface area contributed by atoms with Crippen molar-refractivity contribution < 1.29 is 14.3 Å². The first-order valence-corrected chi connectivity index (χ1v) is 7.64. The van der Waals surface area contributed by atoms with Gasteiger partial charge in [-0.2, -0.15) is 0 Å². The number of likely N-dealkylation sites (N-methyl/N-ethyl adjacent to an activating group) is 1. The van der Waals surface area contributed by atoms with E-state index in [4.69, 9.17) is 4.74 Å². The fraction of sp³-hybridized carbons (Fsp3) is 0.500. The van der Waals surface area contributed by atoms with E-state index in [0.29, 0.717) is 18.6 Å². The number of hydrogen-bond donors (Lipinski definition) is 1. The lowest BCUT2D eigenvalue weighted by Crippen LogP contribution is -2.48. The zero-order chi connectivity index (χ0) is 15.5. The number of rotatable bonds is 3. The van der Waals surface area contributed by atoms with Crippen molar-refractivity contribution in [1.29, 1.82) is 0 Å². The molecule has 6 nitrogen and oxygen atoms in total. The van der Waals surface area contributed by atoms with Crippen molar-refractivity contribution in [2.75, 3.05) is 45.2 Å². The van der Waals surface area contributed by atoms with Crippen molar-refractivity contribution in [2.45, 2.75) is 12.8 Å². The topological polar surface area (TPSA) is 61.9 Å². The number of benzene rings is 1. The van der Waals surface area contributed by atoms with Gasteiger partial charge in [0.15, 0.2) is 6.61 Å². The molecule has 1 aromatic rings. The van der Waals surface area contributed by atoms with E-state index < -0.39 is 0 Å². The molecule has 3 rings (SSSR count). The molecule has 2 heterocycles. The Bertz CT molecular complexity index is 580. The fourth-order valence-corrected chi connectivity index (χ4v) is 2.74.